The van der Waals surface area contributed by atoms with Gasteiger partial charge in [0.2, 0.25) is 0 Å². The van der Waals surface area contributed by atoms with Gasteiger partial charge in [0.25, 0.3) is 11.5 Å². The topological polar surface area (TPSA) is 70.3 Å². The molecule has 0 saturated heterocycles. The van der Waals surface area contributed by atoms with Crippen molar-refractivity contribution in [2.45, 2.75) is 19.5 Å². The van der Waals surface area contributed by atoms with Gasteiger partial charge in [-0.3, -0.25) is 4.79 Å². The van der Waals surface area contributed by atoms with Gasteiger partial charge < -0.3 is 9.84 Å². The third-order valence-electron chi connectivity index (χ3n) is 1.09. The van der Waals surface area contributed by atoms with Crippen molar-refractivity contribution < 1.29 is 27.8 Å². The molecule has 0 aliphatic rings. The predicted octanol–water partition coefficient (Wildman–Crippen LogP) is 1.80. The second-order valence-corrected chi connectivity index (χ2v) is 2.11. The summed E-state index contributed by atoms with van der Waals surface area (Å²) in [7, 11) is 0. The Labute approximate surface area is 77.2 Å². The number of ether oxygens (including phenoxy) is 1. The molecular weight excluding hydrogens is 203 g/mol. The van der Waals surface area contributed by atoms with Crippen molar-refractivity contribution in [3.8, 4) is 6.07 Å². The highest BCUT2D eigenvalue weighted by atomic mass is 19.4. The molecule has 0 aromatic heterocycles. The van der Waals surface area contributed by atoms with Crippen LogP contribution in [0.5, 0.6) is 0 Å². The van der Waals surface area contributed by atoms with Crippen LogP contribution < -0.4 is 0 Å². The molecule has 0 spiro atoms. The lowest BCUT2D eigenvalue weighted by Crippen LogP contribution is -2.16. The molecule has 0 heterocycles. The standard InChI is InChI=1S/C7H6F3NO3/c1-2-5(12)14-4(3-11)6(13)7(8,9)10/h13H,2H2,1H3/b6-4-. The molecular formula is C7H6F3NO3. The average molecular weight is 209 g/mol. The first-order valence-electron chi connectivity index (χ1n) is 3.44. The van der Waals surface area contributed by atoms with Crippen molar-refractivity contribution in [2.75, 3.05) is 0 Å². The summed E-state index contributed by atoms with van der Waals surface area (Å²) in [5.74, 6) is -4.68. The molecule has 0 saturated carbocycles. The molecule has 0 rings (SSSR count). The monoisotopic (exact) mass is 209 g/mol. The number of allylic oxidation sites excluding steroid dienone is 2. The maximum Gasteiger partial charge on any atom is 0.453 e. The number of aliphatic hydroxyl groups excluding tert-OH is 1. The minimum absolute atomic E-state index is 0.198. The molecule has 1 N–H and O–H groups in total. The Morgan fingerprint density at radius 1 is 1.57 bits per heavy atom. The minimum Gasteiger partial charge on any atom is -0.501 e. The highest BCUT2D eigenvalue weighted by Crippen LogP contribution is 2.26. The quantitative estimate of drug-likeness (QED) is 0.427. The zero-order valence-corrected chi connectivity index (χ0v) is 7.05. The van der Waals surface area contributed by atoms with Gasteiger partial charge in [-0.25, -0.2) is 0 Å². The number of nitrogens with zero attached hydrogens (tertiary/aromatic N) is 1. The Hall–Kier alpha value is -1.71. The number of carbonyl (C=O) groups is 1. The van der Waals surface area contributed by atoms with Crippen molar-refractivity contribution in [1.82, 2.24) is 0 Å². The number of aliphatic hydroxyl groups is 1. The first-order valence-corrected chi connectivity index (χ1v) is 3.44. The van der Waals surface area contributed by atoms with E-state index < -0.39 is 23.7 Å². The number of hydrogen-bond acceptors (Lipinski definition) is 4. The normalized spacial score (nSPS) is 12.8. The van der Waals surface area contributed by atoms with Crippen LogP contribution in [-0.4, -0.2) is 17.3 Å². The third kappa shape index (κ3) is 3.35. The zero-order valence-electron chi connectivity index (χ0n) is 7.05. The molecule has 0 atom stereocenters. The number of halogens is 3. The Morgan fingerprint density at radius 2 is 2.07 bits per heavy atom. The van der Waals surface area contributed by atoms with E-state index in [1.165, 1.54) is 6.92 Å². The lowest BCUT2D eigenvalue weighted by atomic mass is 10.4. The van der Waals surface area contributed by atoms with Crippen LogP contribution in [0.1, 0.15) is 13.3 Å². The maximum absolute atomic E-state index is 11.8. The molecule has 0 aromatic rings. The second-order valence-electron chi connectivity index (χ2n) is 2.11. The molecule has 0 bridgehead atoms. The first-order chi connectivity index (χ1) is 6.32. The summed E-state index contributed by atoms with van der Waals surface area (Å²) in [6.45, 7) is 1.34. The van der Waals surface area contributed by atoms with Crippen molar-refractivity contribution in [3.63, 3.8) is 0 Å². The van der Waals surface area contributed by atoms with Crippen LogP contribution in [0, 0.1) is 11.3 Å². The van der Waals surface area contributed by atoms with E-state index >= 15 is 0 Å². The second kappa shape index (κ2) is 4.50. The van der Waals surface area contributed by atoms with Gasteiger partial charge in [-0.15, -0.1) is 0 Å². The van der Waals surface area contributed by atoms with E-state index in [0.717, 1.165) is 6.07 Å². The van der Waals surface area contributed by atoms with Crippen LogP contribution in [0.15, 0.2) is 11.5 Å². The summed E-state index contributed by atoms with van der Waals surface area (Å²) in [5, 5.41) is 16.6. The fraction of sp³-hybridized carbons (Fsp3) is 0.429. The summed E-state index contributed by atoms with van der Waals surface area (Å²) in [5.41, 5.74) is 0. The molecule has 0 aliphatic heterocycles. The zero-order chi connectivity index (χ0) is 11.4. The van der Waals surface area contributed by atoms with Gasteiger partial charge in [-0.05, 0) is 0 Å². The van der Waals surface area contributed by atoms with Crippen LogP contribution >= 0.6 is 0 Å². The third-order valence-corrected chi connectivity index (χ3v) is 1.09. The lowest BCUT2D eigenvalue weighted by Gasteiger charge is -2.06. The van der Waals surface area contributed by atoms with Gasteiger partial charge in [-0.2, -0.15) is 18.4 Å². The molecule has 0 amide bonds. The summed E-state index contributed by atoms with van der Waals surface area (Å²) in [6.07, 6.45) is -5.30. The minimum atomic E-state index is -5.10. The van der Waals surface area contributed by atoms with Crippen LogP contribution in [0.25, 0.3) is 0 Å². The molecule has 7 heteroatoms. The highest BCUT2D eigenvalue weighted by molar-refractivity contribution is 5.70. The molecule has 14 heavy (non-hydrogen) atoms. The van der Waals surface area contributed by atoms with E-state index in [2.05, 4.69) is 4.74 Å². The molecule has 0 aromatic carbocycles. The molecule has 0 radical (unpaired) electrons. The highest BCUT2D eigenvalue weighted by Gasteiger charge is 2.38. The molecule has 78 valence electrons. The summed E-state index contributed by atoms with van der Waals surface area (Å²) in [6, 6.07) is 0.940. The van der Waals surface area contributed by atoms with Crippen molar-refractivity contribution in [2.24, 2.45) is 0 Å². The lowest BCUT2D eigenvalue weighted by molar-refractivity contribution is -0.142. The van der Waals surface area contributed by atoms with Crippen molar-refractivity contribution in [3.05, 3.63) is 11.5 Å². The fourth-order valence-electron chi connectivity index (χ4n) is 0.439. The number of carbonyl (C=O) groups excluding carboxylic acids is 1. The SMILES string of the molecule is CCC(=O)O/C(C#N)=C(\O)C(F)(F)F. The van der Waals surface area contributed by atoms with E-state index in [9.17, 15) is 18.0 Å². The summed E-state index contributed by atoms with van der Waals surface area (Å²) in [4.78, 5) is 10.5. The van der Waals surface area contributed by atoms with Crippen LogP contribution in [-0.2, 0) is 9.53 Å². The smallest absolute Gasteiger partial charge is 0.453 e. The van der Waals surface area contributed by atoms with Gasteiger partial charge >= 0.3 is 12.1 Å². The van der Waals surface area contributed by atoms with Crippen LogP contribution in [0.3, 0.4) is 0 Å². The molecule has 0 unspecified atom stereocenters. The Balaban J connectivity index is 4.90. The number of esters is 1. The van der Waals surface area contributed by atoms with E-state index in [1.54, 1.807) is 0 Å². The number of nitriles is 1. The van der Waals surface area contributed by atoms with Gasteiger partial charge in [0.05, 0.1) is 0 Å². The Bertz CT molecular complexity index is 300. The Morgan fingerprint density at radius 3 is 2.36 bits per heavy atom. The fourth-order valence-corrected chi connectivity index (χ4v) is 0.439. The van der Waals surface area contributed by atoms with Crippen LogP contribution in [0.2, 0.25) is 0 Å². The van der Waals surface area contributed by atoms with E-state index in [4.69, 9.17) is 10.4 Å². The number of alkyl halides is 3. The van der Waals surface area contributed by atoms with Gasteiger partial charge in [0, 0.05) is 6.42 Å². The van der Waals surface area contributed by atoms with Gasteiger partial charge in [-0.1, -0.05) is 6.92 Å². The van der Waals surface area contributed by atoms with Gasteiger partial charge in [0.15, 0.2) is 0 Å². The Kier molecular flexibility index (Phi) is 3.95. The maximum atomic E-state index is 11.8. The summed E-state index contributed by atoms with van der Waals surface area (Å²) >= 11 is 0. The largest absolute Gasteiger partial charge is 0.501 e. The number of rotatable bonds is 2. The summed E-state index contributed by atoms with van der Waals surface area (Å²) < 4.78 is 39.3. The van der Waals surface area contributed by atoms with E-state index in [-0.39, 0.29) is 6.42 Å². The molecule has 0 aliphatic carbocycles. The molecule has 0 fully saturated rings. The van der Waals surface area contributed by atoms with Crippen molar-refractivity contribution >= 4 is 5.97 Å². The first kappa shape index (κ1) is 12.3. The predicted molar refractivity (Wildman–Crippen MR) is 37.7 cm³/mol. The average Bonchev–Trinajstić information content (AvgIpc) is 2.11. The van der Waals surface area contributed by atoms with Crippen LogP contribution in [0.4, 0.5) is 13.2 Å². The molecule has 4 nitrogen and oxygen atoms in total. The van der Waals surface area contributed by atoms with Crippen molar-refractivity contribution in [1.29, 1.82) is 5.26 Å². The van der Waals surface area contributed by atoms with Gasteiger partial charge in [0.1, 0.15) is 6.07 Å². The van der Waals surface area contributed by atoms with E-state index in [0.29, 0.717) is 0 Å². The van der Waals surface area contributed by atoms with E-state index in [1.807, 2.05) is 0 Å². The number of hydrogen-bond donors (Lipinski definition) is 1.